The van der Waals surface area contributed by atoms with E-state index < -0.39 is 5.97 Å². The highest BCUT2D eigenvalue weighted by atomic mass is 16.5. The zero-order valence-corrected chi connectivity index (χ0v) is 11.9. The predicted octanol–water partition coefficient (Wildman–Crippen LogP) is 2.99. The Morgan fingerprint density at radius 2 is 1.68 bits per heavy atom. The van der Waals surface area contributed by atoms with Gasteiger partial charge in [-0.05, 0) is 17.7 Å². The molecule has 5 heteroatoms. The van der Waals surface area contributed by atoms with Gasteiger partial charge in [0, 0.05) is 23.5 Å². The lowest BCUT2D eigenvalue weighted by molar-refractivity contribution is 0.0594. The van der Waals surface area contributed by atoms with E-state index in [1.807, 2.05) is 36.4 Å². The lowest BCUT2D eigenvalue weighted by atomic mass is 10.0. The van der Waals surface area contributed by atoms with Crippen LogP contribution in [0.1, 0.15) is 10.5 Å². The lowest BCUT2D eigenvalue weighted by Gasteiger charge is -2.08. The number of carbonyl (C=O) groups excluding carboxylic acids is 1. The molecular formula is C17H13N3O2. The third-order valence-electron chi connectivity index (χ3n) is 3.18. The highest BCUT2D eigenvalue weighted by molar-refractivity contribution is 5.90. The van der Waals surface area contributed by atoms with Crippen molar-refractivity contribution in [2.24, 2.45) is 0 Å². The number of carbonyl (C=O) groups is 1. The van der Waals surface area contributed by atoms with Gasteiger partial charge in [-0.3, -0.25) is 0 Å². The number of hydrogen-bond acceptors (Lipinski definition) is 5. The van der Waals surface area contributed by atoms with E-state index >= 15 is 0 Å². The van der Waals surface area contributed by atoms with Crippen LogP contribution in [-0.4, -0.2) is 28.0 Å². The van der Waals surface area contributed by atoms with E-state index in [0.717, 1.165) is 16.7 Å². The van der Waals surface area contributed by atoms with Crippen molar-refractivity contribution >= 4 is 5.97 Å². The fraction of sp³-hybridized carbons (Fsp3) is 0.0588. The number of esters is 1. The Hall–Kier alpha value is -3.08. The number of aromatic nitrogens is 3. The smallest absolute Gasteiger partial charge is 0.356 e. The zero-order valence-electron chi connectivity index (χ0n) is 11.9. The van der Waals surface area contributed by atoms with Gasteiger partial charge in [0.2, 0.25) is 0 Å². The monoisotopic (exact) mass is 291 g/mol. The second kappa shape index (κ2) is 6.13. The van der Waals surface area contributed by atoms with Crippen molar-refractivity contribution in [3.05, 3.63) is 66.9 Å². The van der Waals surface area contributed by atoms with Crippen LogP contribution < -0.4 is 0 Å². The molecule has 0 N–H and O–H groups in total. The van der Waals surface area contributed by atoms with Crippen LogP contribution in [0.15, 0.2) is 61.2 Å². The lowest BCUT2D eigenvalue weighted by Crippen LogP contribution is -2.05. The Morgan fingerprint density at radius 3 is 2.36 bits per heavy atom. The SMILES string of the molecule is COC(=O)c1cc(-c2cncnc2)cc(-c2ccccc2)n1. The number of rotatable bonds is 3. The number of ether oxygens (including phenoxy) is 1. The molecule has 2 aromatic heterocycles. The van der Waals surface area contributed by atoms with Gasteiger partial charge in [0.15, 0.2) is 0 Å². The molecule has 3 aromatic rings. The van der Waals surface area contributed by atoms with Gasteiger partial charge in [-0.15, -0.1) is 0 Å². The van der Waals surface area contributed by atoms with Gasteiger partial charge in [0.1, 0.15) is 12.0 Å². The fourth-order valence-electron chi connectivity index (χ4n) is 2.11. The maximum Gasteiger partial charge on any atom is 0.356 e. The van der Waals surface area contributed by atoms with E-state index in [2.05, 4.69) is 15.0 Å². The van der Waals surface area contributed by atoms with Crippen LogP contribution in [0.5, 0.6) is 0 Å². The van der Waals surface area contributed by atoms with Crippen LogP contribution in [0.3, 0.4) is 0 Å². The zero-order chi connectivity index (χ0) is 15.4. The summed E-state index contributed by atoms with van der Waals surface area (Å²) in [6.07, 6.45) is 4.85. The first-order valence-electron chi connectivity index (χ1n) is 6.69. The summed E-state index contributed by atoms with van der Waals surface area (Å²) >= 11 is 0. The first-order chi connectivity index (χ1) is 10.8. The predicted molar refractivity (Wildman–Crippen MR) is 82.0 cm³/mol. The molecule has 0 saturated heterocycles. The van der Waals surface area contributed by atoms with Crippen molar-refractivity contribution < 1.29 is 9.53 Å². The van der Waals surface area contributed by atoms with Crippen LogP contribution >= 0.6 is 0 Å². The maximum absolute atomic E-state index is 11.9. The highest BCUT2D eigenvalue weighted by Crippen LogP contribution is 2.25. The van der Waals surface area contributed by atoms with Crippen molar-refractivity contribution in [2.75, 3.05) is 7.11 Å². The Morgan fingerprint density at radius 1 is 0.955 bits per heavy atom. The summed E-state index contributed by atoms with van der Waals surface area (Å²) in [5, 5.41) is 0. The molecule has 3 rings (SSSR count). The maximum atomic E-state index is 11.9. The van der Waals surface area contributed by atoms with Crippen LogP contribution in [0.4, 0.5) is 0 Å². The molecule has 0 aliphatic heterocycles. The third kappa shape index (κ3) is 2.83. The standard InChI is InChI=1S/C17H13N3O2/c1-22-17(21)16-8-13(14-9-18-11-19-10-14)7-15(20-16)12-5-3-2-4-6-12/h2-11H,1H3. The summed E-state index contributed by atoms with van der Waals surface area (Å²) in [6, 6.07) is 13.2. The van der Waals surface area contributed by atoms with Crippen LogP contribution in [0, 0.1) is 0 Å². The average molecular weight is 291 g/mol. The van der Waals surface area contributed by atoms with Gasteiger partial charge in [-0.25, -0.2) is 19.7 Å². The number of nitrogens with zero attached hydrogens (tertiary/aromatic N) is 3. The summed E-state index contributed by atoms with van der Waals surface area (Å²) in [5.41, 5.74) is 3.50. The van der Waals surface area contributed by atoms with Crippen LogP contribution in [0.25, 0.3) is 22.4 Å². The van der Waals surface area contributed by atoms with Gasteiger partial charge in [-0.1, -0.05) is 30.3 Å². The quantitative estimate of drug-likeness (QED) is 0.694. The summed E-state index contributed by atoms with van der Waals surface area (Å²) in [4.78, 5) is 24.3. The van der Waals surface area contributed by atoms with Crippen molar-refractivity contribution in [1.29, 1.82) is 0 Å². The minimum absolute atomic E-state index is 0.253. The molecule has 5 nitrogen and oxygen atoms in total. The molecule has 0 bridgehead atoms. The Balaban J connectivity index is 2.17. The fourth-order valence-corrected chi connectivity index (χ4v) is 2.11. The van der Waals surface area contributed by atoms with Crippen LogP contribution in [-0.2, 0) is 4.74 Å². The van der Waals surface area contributed by atoms with E-state index in [0.29, 0.717) is 5.69 Å². The summed E-state index contributed by atoms with van der Waals surface area (Å²) in [7, 11) is 1.34. The van der Waals surface area contributed by atoms with Gasteiger partial charge in [0.25, 0.3) is 0 Å². The van der Waals surface area contributed by atoms with E-state index in [1.165, 1.54) is 13.4 Å². The molecule has 0 saturated carbocycles. The first kappa shape index (κ1) is 13.9. The Bertz CT molecular complexity index is 732. The van der Waals surface area contributed by atoms with E-state index in [-0.39, 0.29) is 5.69 Å². The second-order valence-corrected chi connectivity index (χ2v) is 4.61. The molecule has 108 valence electrons. The number of hydrogen-bond donors (Lipinski definition) is 0. The number of methoxy groups -OCH3 is 1. The Labute approximate surface area is 127 Å². The first-order valence-corrected chi connectivity index (χ1v) is 6.69. The molecular weight excluding hydrogens is 278 g/mol. The number of pyridine rings is 1. The molecule has 0 radical (unpaired) electrons. The molecule has 0 atom stereocenters. The van der Waals surface area contributed by atoms with Gasteiger partial charge >= 0.3 is 5.97 Å². The van der Waals surface area contributed by atoms with Gasteiger partial charge in [0.05, 0.1) is 12.8 Å². The van der Waals surface area contributed by atoms with Gasteiger partial charge < -0.3 is 4.74 Å². The molecule has 0 spiro atoms. The normalized spacial score (nSPS) is 10.2. The molecule has 0 fully saturated rings. The van der Waals surface area contributed by atoms with Crippen molar-refractivity contribution in [2.45, 2.75) is 0 Å². The molecule has 0 unspecified atom stereocenters. The minimum Gasteiger partial charge on any atom is -0.464 e. The molecule has 0 amide bonds. The Kier molecular flexibility index (Phi) is 3.87. The second-order valence-electron chi connectivity index (χ2n) is 4.61. The van der Waals surface area contributed by atoms with Crippen molar-refractivity contribution in [1.82, 2.24) is 15.0 Å². The van der Waals surface area contributed by atoms with Gasteiger partial charge in [-0.2, -0.15) is 0 Å². The van der Waals surface area contributed by atoms with E-state index in [9.17, 15) is 4.79 Å². The largest absolute Gasteiger partial charge is 0.464 e. The summed E-state index contributed by atoms with van der Waals surface area (Å²) in [5.74, 6) is -0.476. The topological polar surface area (TPSA) is 65.0 Å². The van der Waals surface area contributed by atoms with Crippen LogP contribution in [0.2, 0.25) is 0 Å². The minimum atomic E-state index is -0.476. The third-order valence-corrected chi connectivity index (χ3v) is 3.18. The summed E-state index contributed by atoms with van der Waals surface area (Å²) < 4.78 is 4.79. The highest BCUT2D eigenvalue weighted by Gasteiger charge is 2.13. The molecule has 0 aliphatic rings. The average Bonchev–Trinajstić information content (AvgIpc) is 2.62. The number of benzene rings is 1. The molecule has 0 aliphatic carbocycles. The van der Waals surface area contributed by atoms with E-state index in [4.69, 9.17) is 4.74 Å². The van der Waals surface area contributed by atoms with Crippen molar-refractivity contribution in [3.63, 3.8) is 0 Å². The molecule has 22 heavy (non-hydrogen) atoms. The van der Waals surface area contributed by atoms with E-state index in [1.54, 1.807) is 18.5 Å². The molecule has 2 heterocycles. The molecule has 1 aromatic carbocycles. The summed E-state index contributed by atoms with van der Waals surface area (Å²) in [6.45, 7) is 0. The van der Waals surface area contributed by atoms with Crippen molar-refractivity contribution in [3.8, 4) is 22.4 Å².